The van der Waals surface area contributed by atoms with Crippen molar-refractivity contribution in [3.8, 4) is 0 Å². The van der Waals surface area contributed by atoms with Gasteiger partial charge in [-0.1, -0.05) is 13.8 Å². The van der Waals surface area contributed by atoms with Gasteiger partial charge < -0.3 is 0 Å². The molecule has 19 heavy (non-hydrogen) atoms. The van der Waals surface area contributed by atoms with E-state index in [2.05, 4.69) is 5.32 Å². The molecular formula is C13H21NO4S. The van der Waals surface area contributed by atoms with Gasteiger partial charge in [-0.3, -0.25) is 14.9 Å². The summed E-state index contributed by atoms with van der Waals surface area (Å²) >= 11 is 0. The minimum Gasteiger partial charge on any atom is -0.296 e. The minimum atomic E-state index is -2.99. The quantitative estimate of drug-likeness (QED) is 0.765. The van der Waals surface area contributed by atoms with Crippen molar-refractivity contribution < 1.29 is 18.0 Å². The fraction of sp³-hybridized carbons (Fsp3) is 0.846. The molecule has 108 valence electrons. The van der Waals surface area contributed by atoms with Gasteiger partial charge in [-0.2, -0.15) is 0 Å². The number of rotatable bonds is 2. The molecule has 1 N–H and O–H groups in total. The number of hydrogen-bond donors (Lipinski definition) is 1. The third-order valence-corrected chi connectivity index (χ3v) is 6.01. The molecule has 2 amide bonds. The van der Waals surface area contributed by atoms with E-state index < -0.39 is 15.3 Å². The van der Waals surface area contributed by atoms with E-state index in [4.69, 9.17) is 0 Å². The average Bonchev–Trinajstić information content (AvgIpc) is 2.28. The normalized spacial score (nSPS) is 29.5. The third-order valence-electron chi connectivity index (χ3n) is 4.36. The van der Waals surface area contributed by atoms with E-state index in [1.165, 1.54) is 0 Å². The highest BCUT2D eigenvalue weighted by molar-refractivity contribution is 7.91. The first-order chi connectivity index (χ1) is 8.74. The van der Waals surface area contributed by atoms with Crippen molar-refractivity contribution in [2.75, 3.05) is 11.5 Å². The monoisotopic (exact) mass is 287 g/mol. The maximum atomic E-state index is 12.1. The molecule has 0 bridgehead atoms. The van der Waals surface area contributed by atoms with Gasteiger partial charge in [0.05, 0.1) is 11.5 Å². The molecule has 2 heterocycles. The standard InChI is InChI=1S/C13H21NO4S/c1-9(2)7-10-12(16)14-11(15)8-13(10)3-5-19(17,18)6-4-13/h9-10H,3-8H2,1-2H3,(H,14,15,16). The van der Waals surface area contributed by atoms with Crippen molar-refractivity contribution >= 4 is 21.7 Å². The summed E-state index contributed by atoms with van der Waals surface area (Å²) in [5.41, 5.74) is -0.436. The second-order valence-corrected chi connectivity index (χ2v) is 8.59. The highest BCUT2D eigenvalue weighted by Gasteiger charge is 2.50. The maximum Gasteiger partial charge on any atom is 0.230 e. The highest BCUT2D eigenvalue weighted by atomic mass is 32.2. The average molecular weight is 287 g/mol. The van der Waals surface area contributed by atoms with Crippen molar-refractivity contribution in [2.45, 2.75) is 39.5 Å². The van der Waals surface area contributed by atoms with E-state index >= 15 is 0 Å². The Morgan fingerprint density at radius 2 is 1.84 bits per heavy atom. The van der Waals surface area contributed by atoms with Crippen LogP contribution in [0.1, 0.15) is 39.5 Å². The van der Waals surface area contributed by atoms with Crippen LogP contribution in [-0.2, 0) is 19.4 Å². The topological polar surface area (TPSA) is 80.3 Å². The Morgan fingerprint density at radius 1 is 1.26 bits per heavy atom. The summed E-state index contributed by atoms with van der Waals surface area (Å²) in [4.78, 5) is 23.8. The Morgan fingerprint density at radius 3 is 2.37 bits per heavy atom. The lowest BCUT2D eigenvalue weighted by atomic mass is 9.64. The molecule has 2 saturated heterocycles. The van der Waals surface area contributed by atoms with Gasteiger partial charge in [0.1, 0.15) is 9.84 Å². The van der Waals surface area contributed by atoms with Crippen LogP contribution in [0.4, 0.5) is 0 Å². The van der Waals surface area contributed by atoms with E-state index in [9.17, 15) is 18.0 Å². The Kier molecular flexibility index (Phi) is 3.73. The lowest BCUT2D eigenvalue weighted by molar-refractivity contribution is -0.145. The van der Waals surface area contributed by atoms with Crippen molar-refractivity contribution in [3.63, 3.8) is 0 Å². The largest absolute Gasteiger partial charge is 0.296 e. The van der Waals surface area contributed by atoms with Crippen LogP contribution in [0.3, 0.4) is 0 Å². The zero-order valence-electron chi connectivity index (χ0n) is 11.4. The number of amides is 2. The molecule has 0 aromatic rings. The van der Waals surface area contributed by atoms with Crippen molar-refractivity contribution in [1.29, 1.82) is 0 Å². The first-order valence-electron chi connectivity index (χ1n) is 6.78. The molecule has 2 rings (SSSR count). The minimum absolute atomic E-state index is 0.0994. The van der Waals surface area contributed by atoms with Crippen LogP contribution in [0.25, 0.3) is 0 Å². The summed E-state index contributed by atoms with van der Waals surface area (Å²) in [6.45, 7) is 4.08. The van der Waals surface area contributed by atoms with E-state index in [0.29, 0.717) is 25.2 Å². The Labute approximate surface area is 114 Å². The van der Waals surface area contributed by atoms with Crippen LogP contribution in [0.5, 0.6) is 0 Å². The third kappa shape index (κ3) is 2.99. The SMILES string of the molecule is CC(C)CC1C(=O)NC(=O)CC12CCS(=O)(=O)CC2. The molecule has 5 nitrogen and oxygen atoms in total. The van der Waals surface area contributed by atoms with E-state index in [1.807, 2.05) is 13.8 Å². The van der Waals surface area contributed by atoms with Crippen LogP contribution in [0, 0.1) is 17.3 Å². The Bertz CT molecular complexity index is 481. The second-order valence-electron chi connectivity index (χ2n) is 6.29. The molecule has 0 aliphatic carbocycles. The summed E-state index contributed by atoms with van der Waals surface area (Å²) in [5.74, 6) is -0.168. The first kappa shape index (κ1) is 14.5. The number of piperidine rings is 1. The number of hydrogen-bond acceptors (Lipinski definition) is 4. The van der Waals surface area contributed by atoms with E-state index in [0.717, 1.165) is 0 Å². The van der Waals surface area contributed by atoms with Crippen LogP contribution in [0.15, 0.2) is 0 Å². The molecule has 0 aromatic carbocycles. The van der Waals surface area contributed by atoms with E-state index in [-0.39, 0.29) is 35.7 Å². The van der Waals surface area contributed by atoms with Crippen LogP contribution in [-0.4, -0.2) is 31.7 Å². The zero-order valence-corrected chi connectivity index (χ0v) is 12.3. The zero-order chi connectivity index (χ0) is 14.3. The lowest BCUT2D eigenvalue weighted by Crippen LogP contribution is -2.55. The summed E-state index contributed by atoms with van der Waals surface area (Å²) in [6, 6.07) is 0. The van der Waals surface area contributed by atoms with Gasteiger partial charge in [0.25, 0.3) is 0 Å². The fourth-order valence-electron chi connectivity index (χ4n) is 3.29. The van der Waals surface area contributed by atoms with Crippen LogP contribution in [0.2, 0.25) is 0 Å². The molecule has 2 fully saturated rings. The number of sulfone groups is 1. The summed E-state index contributed by atoms with van der Waals surface area (Å²) < 4.78 is 23.2. The second kappa shape index (κ2) is 4.89. The maximum absolute atomic E-state index is 12.1. The number of carbonyl (C=O) groups excluding carboxylic acids is 2. The Balaban J connectivity index is 2.27. The fourth-order valence-corrected chi connectivity index (χ4v) is 4.93. The van der Waals surface area contributed by atoms with Gasteiger partial charge in [0.15, 0.2) is 0 Å². The predicted molar refractivity (Wildman–Crippen MR) is 71.0 cm³/mol. The molecule has 0 aromatic heterocycles. The molecule has 0 radical (unpaired) electrons. The molecule has 1 atom stereocenters. The molecule has 6 heteroatoms. The van der Waals surface area contributed by atoms with Gasteiger partial charge in [0, 0.05) is 12.3 Å². The number of nitrogens with one attached hydrogen (secondary N) is 1. The molecule has 2 aliphatic rings. The summed E-state index contributed by atoms with van der Waals surface area (Å²) in [7, 11) is -2.99. The molecule has 1 spiro atoms. The van der Waals surface area contributed by atoms with Crippen molar-refractivity contribution in [1.82, 2.24) is 5.32 Å². The molecule has 2 aliphatic heterocycles. The van der Waals surface area contributed by atoms with Gasteiger partial charge in [-0.15, -0.1) is 0 Å². The molecule has 0 saturated carbocycles. The molecular weight excluding hydrogens is 266 g/mol. The first-order valence-corrected chi connectivity index (χ1v) is 8.60. The van der Waals surface area contributed by atoms with Crippen molar-refractivity contribution in [2.24, 2.45) is 17.3 Å². The van der Waals surface area contributed by atoms with Crippen molar-refractivity contribution in [3.05, 3.63) is 0 Å². The lowest BCUT2D eigenvalue weighted by Gasteiger charge is -2.45. The van der Waals surface area contributed by atoms with Crippen LogP contribution < -0.4 is 5.32 Å². The van der Waals surface area contributed by atoms with E-state index in [1.54, 1.807) is 0 Å². The van der Waals surface area contributed by atoms with Gasteiger partial charge in [0.2, 0.25) is 11.8 Å². The van der Waals surface area contributed by atoms with Crippen LogP contribution >= 0.6 is 0 Å². The highest BCUT2D eigenvalue weighted by Crippen LogP contribution is 2.47. The smallest absolute Gasteiger partial charge is 0.230 e. The van der Waals surface area contributed by atoms with Gasteiger partial charge in [-0.05, 0) is 30.6 Å². The summed E-state index contributed by atoms with van der Waals surface area (Å²) in [6.07, 6.45) is 1.86. The van der Waals surface area contributed by atoms with Gasteiger partial charge in [-0.25, -0.2) is 8.42 Å². The van der Waals surface area contributed by atoms with Gasteiger partial charge >= 0.3 is 0 Å². The predicted octanol–water partition coefficient (Wildman–Crippen LogP) is 0.890. The number of imide groups is 1. The number of carbonyl (C=O) groups is 2. The summed E-state index contributed by atoms with van der Waals surface area (Å²) in [5, 5.41) is 2.40. The molecule has 1 unspecified atom stereocenters. The Hall–Kier alpha value is -0.910.